The van der Waals surface area contributed by atoms with Crippen molar-refractivity contribution in [3.05, 3.63) is 17.0 Å². The Kier molecular flexibility index (Phi) is 4.01. The Labute approximate surface area is 118 Å². The monoisotopic (exact) mass is 303 g/mol. The molecule has 1 fully saturated rings. The summed E-state index contributed by atoms with van der Waals surface area (Å²) in [4.78, 5) is 10.4. The Morgan fingerprint density at radius 3 is 2.68 bits per heavy atom. The van der Waals surface area contributed by atoms with Crippen LogP contribution in [0.15, 0.2) is 6.33 Å². The first-order valence-electron chi connectivity index (χ1n) is 6.29. The fourth-order valence-electron chi connectivity index (χ4n) is 2.40. The van der Waals surface area contributed by atoms with Gasteiger partial charge in [-0.05, 0) is 12.8 Å². The molecule has 0 bridgehead atoms. The van der Waals surface area contributed by atoms with Crippen molar-refractivity contribution in [3.63, 3.8) is 0 Å². The molecule has 106 valence electrons. The van der Waals surface area contributed by atoms with E-state index in [0.717, 1.165) is 11.4 Å². The van der Waals surface area contributed by atoms with Crippen LogP contribution >= 0.6 is 11.6 Å². The van der Waals surface area contributed by atoms with Gasteiger partial charge in [-0.1, -0.05) is 25.4 Å². The second kappa shape index (κ2) is 5.25. The third-order valence-corrected chi connectivity index (χ3v) is 5.43. The van der Waals surface area contributed by atoms with Crippen LogP contribution in [0.2, 0.25) is 5.15 Å². The molecule has 1 aliphatic rings. The molecule has 0 N–H and O–H groups in total. The van der Waals surface area contributed by atoms with Crippen LogP contribution in [0.5, 0.6) is 0 Å². The van der Waals surface area contributed by atoms with Crippen LogP contribution in [0, 0.1) is 0 Å². The summed E-state index contributed by atoms with van der Waals surface area (Å²) < 4.78 is 23.3. The van der Waals surface area contributed by atoms with Crippen molar-refractivity contribution in [2.45, 2.75) is 32.7 Å². The van der Waals surface area contributed by atoms with Gasteiger partial charge >= 0.3 is 0 Å². The van der Waals surface area contributed by atoms with Crippen LogP contribution in [0.25, 0.3) is 0 Å². The van der Waals surface area contributed by atoms with Gasteiger partial charge in [0.1, 0.15) is 17.3 Å². The molecule has 0 spiro atoms. The lowest BCUT2D eigenvalue weighted by atomic mass is 10.1. The molecule has 1 aliphatic heterocycles. The molecule has 1 saturated heterocycles. The zero-order chi connectivity index (χ0) is 14.2. The summed E-state index contributed by atoms with van der Waals surface area (Å²) in [7, 11) is -2.93. The Balaban J connectivity index is 2.40. The van der Waals surface area contributed by atoms with E-state index in [0.29, 0.717) is 11.7 Å². The maximum atomic E-state index is 11.6. The van der Waals surface area contributed by atoms with Crippen molar-refractivity contribution in [2.75, 3.05) is 23.0 Å². The summed E-state index contributed by atoms with van der Waals surface area (Å²) in [5.41, 5.74) is 0.885. The first-order chi connectivity index (χ1) is 8.82. The molecule has 5 nitrogen and oxygen atoms in total. The molecule has 2 rings (SSSR count). The average molecular weight is 304 g/mol. The maximum absolute atomic E-state index is 11.6. The van der Waals surface area contributed by atoms with Gasteiger partial charge in [-0.15, -0.1) is 0 Å². The van der Waals surface area contributed by atoms with Gasteiger partial charge in [-0.3, -0.25) is 0 Å². The van der Waals surface area contributed by atoms with E-state index in [4.69, 9.17) is 11.6 Å². The average Bonchev–Trinajstić information content (AvgIpc) is 2.26. The zero-order valence-corrected chi connectivity index (χ0v) is 12.9. The Morgan fingerprint density at radius 2 is 2.11 bits per heavy atom. The molecule has 1 aromatic rings. The summed E-state index contributed by atoms with van der Waals surface area (Å²) in [6.07, 6.45) is 1.43. The topological polar surface area (TPSA) is 63.2 Å². The number of halogens is 1. The fraction of sp³-hybridized carbons (Fsp3) is 0.667. The highest BCUT2D eigenvalue weighted by molar-refractivity contribution is 7.91. The van der Waals surface area contributed by atoms with Gasteiger partial charge in [0.15, 0.2) is 9.84 Å². The number of nitrogens with zero attached hydrogens (tertiary/aromatic N) is 3. The molecular weight excluding hydrogens is 286 g/mol. The van der Waals surface area contributed by atoms with Crippen LogP contribution in [0.1, 0.15) is 32.3 Å². The lowest BCUT2D eigenvalue weighted by Crippen LogP contribution is -2.47. The van der Waals surface area contributed by atoms with E-state index in [1.165, 1.54) is 6.33 Å². The molecule has 0 radical (unpaired) electrons. The SMILES string of the molecule is CC(C)c1c(Cl)ncnc1N1CCS(=O)(=O)CC1C. The number of anilines is 1. The molecule has 1 unspecified atom stereocenters. The zero-order valence-electron chi connectivity index (χ0n) is 11.3. The number of sulfone groups is 1. The number of hydrogen-bond donors (Lipinski definition) is 0. The van der Waals surface area contributed by atoms with Crippen molar-refractivity contribution in [1.29, 1.82) is 0 Å². The first kappa shape index (κ1) is 14.5. The molecule has 2 heterocycles. The largest absolute Gasteiger partial charge is 0.351 e. The summed E-state index contributed by atoms with van der Waals surface area (Å²) in [6.45, 7) is 6.41. The standard InChI is InChI=1S/C12H18ClN3O2S/c1-8(2)10-11(13)14-7-15-12(10)16-4-5-19(17,18)6-9(16)3/h7-9H,4-6H2,1-3H3. The normalized spacial score (nSPS) is 22.8. The minimum Gasteiger partial charge on any atom is -0.351 e. The minimum atomic E-state index is -2.93. The highest BCUT2D eigenvalue weighted by Crippen LogP contribution is 2.32. The van der Waals surface area contributed by atoms with Gasteiger partial charge in [0, 0.05) is 18.2 Å². The Hall–Kier alpha value is -0.880. The van der Waals surface area contributed by atoms with Gasteiger partial charge in [0.05, 0.1) is 11.5 Å². The van der Waals surface area contributed by atoms with Crippen LogP contribution in [-0.4, -0.2) is 42.5 Å². The first-order valence-corrected chi connectivity index (χ1v) is 8.49. The smallest absolute Gasteiger partial charge is 0.154 e. The third kappa shape index (κ3) is 3.00. The number of hydrogen-bond acceptors (Lipinski definition) is 5. The third-order valence-electron chi connectivity index (χ3n) is 3.33. The van der Waals surface area contributed by atoms with Gasteiger partial charge in [0.2, 0.25) is 0 Å². The molecule has 19 heavy (non-hydrogen) atoms. The van der Waals surface area contributed by atoms with Crippen LogP contribution < -0.4 is 4.90 Å². The van der Waals surface area contributed by atoms with Crippen LogP contribution in [0.3, 0.4) is 0 Å². The van der Waals surface area contributed by atoms with Crippen LogP contribution in [0.4, 0.5) is 5.82 Å². The van der Waals surface area contributed by atoms with E-state index in [2.05, 4.69) is 9.97 Å². The lowest BCUT2D eigenvalue weighted by Gasteiger charge is -2.35. The van der Waals surface area contributed by atoms with Crippen molar-refractivity contribution in [3.8, 4) is 0 Å². The van der Waals surface area contributed by atoms with E-state index >= 15 is 0 Å². The Bertz CT molecular complexity index is 574. The second-order valence-corrected chi connectivity index (χ2v) is 7.80. The molecular formula is C12H18ClN3O2S. The predicted molar refractivity (Wildman–Crippen MR) is 76.6 cm³/mol. The van der Waals surface area contributed by atoms with Crippen molar-refractivity contribution in [2.24, 2.45) is 0 Å². The molecule has 1 atom stereocenters. The predicted octanol–water partition coefficient (Wildman–Crippen LogP) is 1.88. The van der Waals surface area contributed by atoms with Gasteiger partial charge in [-0.2, -0.15) is 0 Å². The number of aromatic nitrogens is 2. The molecule has 7 heteroatoms. The summed E-state index contributed by atoms with van der Waals surface area (Å²) in [5.74, 6) is 1.27. The Morgan fingerprint density at radius 1 is 1.42 bits per heavy atom. The van der Waals surface area contributed by atoms with Gasteiger partial charge in [0.25, 0.3) is 0 Å². The lowest BCUT2D eigenvalue weighted by molar-refractivity contribution is 0.565. The quantitative estimate of drug-likeness (QED) is 0.781. The van der Waals surface area contributed by atoms with E-state index in [1.54, 1.807) is 0 Å². The van der Waals surface area contributed by atoms with Crippen molar-refractivity contribution in [1.82, 2.24) is 9.97 Å². The van der Waals surface area contributed by atoms with E-state index < -0.39 is 9.84 Å². The van der Waals surface area contributed by atoms with E-state index in [-0.39, 0.29) is 23.5 Å². The van der Waals surface area contributed by atoms with Crippen molar-refractivity contribution >= 4 is 27.3 Å². The molecule has 0 aromatic carbocycles. The summed E-state index contributed by atoms with van der Waals surface area (Å²) in [6, 6.07) is -0.0952. The van der Waals surface area contributed by atoms with Crippen LogP contribution in [-0.2, 0) is 9.84 Å². The fourth-order valence-corrected chi connectivity index (χ4v) is 4.31. The molecule has 0 saturated carbocycles. The molecule has 1 aromatic heterocycles. The van der Waals surface area contributed by atoms with Gasteiger partial charge < -0.3 is 4.90 Å². The second-order valence-electron chi connectivity index (χ2n) is 5.21. The molecule has 0 aliphatic carbocycles. The van der Waals surface area contributed by atoms with E-state index in [9.17, 15) is 8.42 Å². The van der Waals surface area contributed by atoms with Crippen molar-refractivity contribution < 1.29 is 8.42 Å². The van der Waals surface area contributed by atoms with Gasteiger partial charge in [-0.25, -0.2) is 18.4 Å². The summed E-state index contributed by atoms with van der Waals surface area (Å²) >= 11 is 6.15. The molecule has 0 amide bonds. The maximum Gasteiger partial charge on any atom is 0.154 e. The van der Waals surface area contributed by atoms with E-state index in [1.807, 2.05) is 25.7 Å². The number of rotatable bonds is 2. The summed E-state index contributed by atoms with van der Waals surface area (Å²) in [5, 5.41) is 0.445. The highest BCUT2D eigenvalue weighted by atomic mass is 35.5. The highest BCUT2D eigenvalue weighted by Gasteiger charge is 2.31. The minimum absolute atomic E-state index is 0.0952.